The Bertz CT molecular complexity index is 926. The molecule has 2 aromatic rings. The minimum absolute atomic E-state index is 0.0288. The number of carbonyl (C=O) groups excluding carboxylic acids is 1. The Morgan fingerprint density at radius 1 is 1.10 bits per heavy atom. The summed E-state index contributed by atoms with van der Waals surface area (Å²) >= 11 is 0. The molecule has 0 spiro atoms. The first-order valence-electron chi connectivity index (χ1n) is 9.90. The number of benzene rings is 2. The molecule has 0 unspecified atom stereocenters. The Hall–Kier alpha value is -2.25. The van der Waals surface area contributed by atoms with Gasteiger partial charge in [-0.05, 0) is 30.4 Å². The van der Waals surface area contributed by atoms with Crippen molar-refractivity contribution in [2.75, 3.05) is 19.6 Å². The number of carbonyl (C=O) groups is 1. The molecule has 1 aliphatic rings. The van der Waals surface area contributed by atoms with E-state index in [1.54, 1.807) is 6.07 Å². The lowest BCUT2D eigenvalue weighted by molar-refractivity contribution is -0.126. The zero-order valence-corrected chi connectivity index (χ0v) is 17.4. The van der Waals surface area contributed by atoms with Crippen molar-refractivity contribution in [3.63, 3.8) is 0 Å². The molecule has 5 nitrogen and oxygen atoms in total. The number of nitrogens with zero attached hydrogens (tertiary/aromatic N) is 1. The molecular weight excluding hydrogens is 391 g/mol. The van der Waals surface area contributed by atoms with Gasteiger partial charge in [-0.1, -0.05) is 55.5 Å². The van der Waals surface area contributed by atoms with Crippen molar-refractivity contribution in [2.45, 2.75) is 31.4 Å². The number of piperidine rings is 1. The molecule has 1 amide bonds. The predicted octanol–water partition coefficient (Wildman–Crippen LogP) is 3.29. The Labute approximate surface area is 172 Å². The van der Waals surface area contributed by atoms with Crippen LogP contribution in [-0.4, -0.2) is 38.3 Å². The monoisotopic (exact) mass is 418 g/mol. The van der Waals surface area contributed by atoms with Crippen molar-refractivity contribution in [3.05, 3.63) is 71.5 Å². The van der Waals surface area contributed by atoms with E-state index in [4.69, 9.17) is 0 Å². The highest BCUT2D eigenvalue weighted by Gasteiger charge is 2.31. The Kier molecular flexibility index (Phi) is 7.03. The van der Waals surface area contributed by atoms with Crippen LogP contribution in [0.5, 0.6) is 0 Å². The van der Waals surface area contributed by atoms with Gasteiger partial charge in [0.25, 0.3) is 0 Å². The van der Waals surface area contributed by atoms with Crippen molar-refractivity contribution in [1.82, 2.24) is 9.62 Å². The zero-order valence-electron chi connectivity index (χ0n) is 16.6. The second kappa shape index (κ2) is 9.50. The number of halogens is 1. The number of rotatable bonds is 7. The molecule has 0 aliphatic carbocycles. The maximum Gasteiger partial charge on any atom is 0.223 e. The molecule has 0 bridgehead atoms. The standard InChI is InChI=1S/C22H27FN2O3S/c1-17(18-7-3-2-4-8-18)15-24-22(26)19-11-13-25(14-12-19)29(27,28)16-20-9-5-6-10-21(20)23/h2-10,17,19H,11-16H2,1H3,(H,24,26)/t17-/m1/s1. The second-order valence-corrected chi connectivity index (χ2v) is 9.55. The lowest BCUT2D eigenvalue weighted by Gasteiger charge is -2.30. The van der Waals surface area contributed by atoms with Gasteiger partial charge < -0.3 is 5.32 Å². The quantitative estimate of drug-likeness (QED) is 0.750. The average Bonchev–Trinajstić information content (AvgIpc) is 2.74. The second-order valence-electron chi connectivity index (χ2n) is 7.58. The van der Waals surface area contributed by atoms with Gasteiger partial charge in [-0.2, -0.15) is 0 Å². The molecule has 7 heteroatoms. The molecule has 3 rings (SSSR count). The first-order chi connectivity index (χ1) is 13.9. The van der Waals surface area contributed by atoms with Gasteiger partial charge >= 0.3 is 0 Å². The van der Waals surface area contributed by atoms with Crippen LogP contribution in [0, 0.1) is 11.7 Å². The molecule has 2 aromatic carbocycles. The van der Waals surface area contributed by atoms with E-state index < -0.39 is 15.8 Å². The summed E-state index contributed by atoms with van der Waals surface area (Å²) in [5.41, 5.74) is 1.34. The van der Waals surface area contributed by atoms with Gasteiger partial charge in [0.2, 0.25) is 15.9 Å². The highest BCUT2D eigenvalue weighted by molar-refractivity contribution is 7.88. The highest BCUT2D eigenvalue weighted by atomic mass is 32.2. The lowest BCUT2D eigenvalue weighted by Crippen LogP contribution is -2.43. The fraction of sp³-hybridized carbons (Fsp3) is 0.409. The average molecular weight is 419 g/mol. The fourth-order valence-corrected chi connectivity index (χ4v) is 5.17. The Morgan fingerprint density at radius 2 is 1.72 bits per heavy atom. The van der Waals surface area contributed by atoms with Crippen LogP contribution in [-0.2, 0) is 20.6 Å². The predicted molar refractivity (Wildman–Crippen MR) is 111 cm³/mol. The third-order valence-corrected chi connectivity index (χ3v) is 7.29. The van der Waals surface area contributed by atoms with Crippen LogP contribution >= 0.6 is 0 Å². The molecule has 0 aromatic heterocycles. The van der Waals surface area contributed by atoms with Crippen LogP contribution < -0.4 is 5.32 Å². The number of hydrogen-bond acceptors (Lipinski definition) is 3. The van der Waals surface area contributed by atoms with Gasteiger partial charge in [-0.3, -0.25) is 4.79 Å². The molecule has 156 valence electrons. The third-order valence-electron chi connectivity index (χ3n) is 5.46. The molecule has 1 atom stereocenters. The number of hydrogen-bond donors (Lipinski definition) is 1. The summed E-state index contributed by atoms with van der Waals surface area (Å²) in [5, 5.41) is 3.00. The van der Waals surface area contributed by atoms with Crippen LogP contribution in [0.3, 0.4) is 0 Å². The molecule has 1 fully saturated rings. The topological polar surface area (TPSA) is 66.5 Å². The summed E-state index contributed by atoms with van der Waals surface area (Å²) in [5.74, 6) is -0.887. The van der Waals surface area contributed by atoms with Gasteiger partial charge in [0, 0.05) is 31.1 Å². The van der Waals surface area contributed by atoms with Crippen molar-refractivity contribution in [2.24, 2.45) is 5.92 Å². The highest BCUT2D eigenvalue weighted by Crippen LogP contribution is 2.23. The first kappa shape index (κ1) is 21.5. The Balaban J connectivity index is 1.49. The van der Waals surface area contributed by atoms with E-state index >= 15 is 0 Å². The first-order valence-corrected chi connectivity index (χ1v) is 11.5. The van der Waals surface area contributed by atoms with Crippen molar-refractivity contribution in [3.8, 4) is 0 Å². The lowest BCUT2D eigenvalue weighted by atomic mass is 9.96. The summed E-state index contributed by atoms with van der Waals surface area (Å²) in [6, 6.07) is 15.9. The molecular formula is C22H27FN2O3S. The van der Waals surface area contributed by atoms with Crippen molar-refractivity contribution >= 4 is 15.9 Å². The molecule has 1 N–H and O–H groups in total. The van der Waals surface area contributed by atoms with Gasteiger partial charge in [-0.25, -0.2) is 17.1 Å². The van der Waals surface area contributed by atoms with Crippen molar-refractivity contribution in [1.29, 1.82) is 0 Å². The molecule has 1 heterocycles. The summed E-state index contributed by atoms with van der Waals surface area (Å²) in [6.45, 7) is 3.17. The van der Waals surface area contributed by atoms with E-state index in [9.17, 15) is 17.6 Å². The van der Waals surface area contributed by atoms with Gasteiger partial charge in [-0.15, -0.1) is 0 Å². The van der Waals surface area contributed by atoms with Crippen LogP contribution in [0.4, 0.5) is 4.39 Å². The van der Waals surface area contributed by atoms with Gasteiger partial charge in [0.15, 0.2) is 0 Å². The maximum atomic E-state index is 13.8. The molecule has 0 saturated carbocycles. The third kappa shape index (κ3) is 5.64. The number of amides is 1. The van der Waals surface area contributed by atoms with Crippen LogP contribution in [0.1, 0.15) is 36.8 Å². The molecule has 1 saturated heterocycles. The van der Waals surface area contributed by atoms with E-state index in [0.717, 1.165) is 0 Å². The van der Waals surface area contributed by atoms with Crippen molar-refractivity contribution < 1.29 is 17.6 Å². The van der Waals surface area contributed by atoms with E-state index in [1.807, 2.05) is 30.3 Å². The van der Waals surface area contributed by atoms with Crippen LogP contribution in [0.2, 0.25) is 0 Å². The van der Waals surface area contributed by atoms with E-state index in [2.05, 4.69) is 12.2 Å². The largest absolute Gasteiger partial charge is 0.355 e. The van der Waals surface area contributed by atoms with Gasteiger partial charge in [0.05, 0.1) is 5.75 Å². The van der Waals surface area contributed by atoms with E-state index in [1.165, 1.54) is 28.1 Å². The van der Waals surface area contributed by atoms with Crippen LogP contribution in [0.25, 0.3) is 0 Å². The fourth-order valence-electron chi connectivity index (χ4n) is 3.60. The zero-order chi connectivity index (χ0) is 20.9. The SMILES string of the molecule is C[C@H](CNC(=O)C1CCN(S(=O)(=O)Cc2ccccc2F)CC1)c1ccccc1. The van der Waals surface area contributed by atoms with Gasteiger partial charge in [0.1, 0.15) is 5.82 Å². The minimum atomic E-state index is -3.61. The number of nitrogens with one attached hydrogen (secondary N) is 1. The summed E-state index contributed by atoms with van der Waals surface area (Å²) in [6.07, 6.45) is 0.949. The molecule has 0 radical (unpaired) electrons. The molecule has 29 heavy (non-hydrogen) atoms. The summed E-state index contributed by atoms with van der Waals surface area (Å²) in [4.78, 5) is 12.5. The molecule has 1 aliphatic heterocycles. The smallest absolute Gasteiger partial charge is 0.223 e. The number of sulfonamides is 1. The normalized spacial score (nSPS) is 17.0. The van der Waals surface area contributed by atoms with Crippen LogP contribution in [0.15, 0.2) is 54.6 Å². The van der Waals surface area contributed by atoms with E-state index in [0.29, 0.717) is 19.4 Å². The summed E-state index contributed by atoms with van der Waals surface area (Å²) < 4.78 is 40.4. The Morgan fingerprint density at radius 3 is 2.38 bits per heavy atom. The van der Waals surface area contributed by atoms with E-state index in [-0.39, 0.29) is 42.1 Å². The maximum absolute atomic E-state index is 13.8. The summed E-state index contributed by atoms with van der Waals surface area (Å²) in [7, 11) is -3.61. The minimum Gasteiger partial charge on any atom is -0.355 e.